The maximum Gasteiger partial charge on any atom is 0.322 e. The molecule has 3 rings (SSSR count). The van der Waals surface area contributed by atoms with Gasteiger partial charge in [-0.3, -0.25) is 9.31 Å². The van der Waals surface area contributed by atoms with Crippen molar-refractivity contribution in [2.24, 2.45) is 0 Å². The first kappa shape index (κ1) is 16.6. The quantitative estimate of drug-likeness (QED) is 0.893. The number of nitrogens with one attached hydrogen (secondary N) is 2. The normalized spacial score (nSPS) is 19.1. The van der Waals surface area contributed by atoms with Crippen molar-refractivity contribution in [3.63, 3.8) is 0 Å². The van der Waals surface area contributed by atoms with Gasteiger partial charge in [-0.15, -0.1) is 0 Å². The zero-order valence-electron chi connectivity index (χ0n) is 13.3. The Bertz CT molecular complexity index is 751. The fraction of sp³-hybridized carbons (Fsp3) is 0.375. The molecule has 1 fully saturated rings. The number of hydrogen-bond donors (Lipinski definition) is 2. The lowest BCUT2D eigenvalue weighted by molar-refractivity contribution is 0.161. The fourth-order valence-electron chi connectivity index (χ4n) is 2.96. The minimum atomic E-state index is -1.40. The molecular formula is C16H19FN4O2S. The lowest BCUT2D eigenvalue weighted by atomic mass is 10.00. The zero-order valence-corrected chi connectivity index (χ0v) is 14.1. The predicted molar refractivity (Wildman–Crippen MR) is 89.6 cm³/mol. The van der Waals surface area contributed by atoms with Crippen LogP contribution in [0.25, 0.3) is 0 Å². The number of benzene rings is 1. The Balaban J connectivity index is 1.76. The molecule has 1 aromatic carbocycles. The van der Waals surface area contributed by atoms with E-state index in [9.17, 15) is 13.4 Å². The highest BCUT2D eigenvalue weighted by molar-refractivity contribution is 7.84. The second-order valence-corrected chi connectivity index (χ2v) is 7.09. The first-order valence-electron chi connectivity index (χ1n) is 7.76. The van der Waals surface area contributed by atoms with E-state index in [-0.39, 0.29) is 17.0 Å². The fourth-order valence-corrected chi connectivity index (χ4v) is 3.55. The van der Waals surface area contributed by atoms with Gasteiger partial charge in [-0.2, -0.15) is 5.10 Å². The molecule has 24 heavy (non-hydrogen) atoms. The number of anilines is 1. The Kier molecular flexibility index (Phi) is 4.94. The van der Waals surface area contributed by atoms with Crippen molar-refractivity contribution in [1.82, 2.24) is 15.1 Å². The van der Waals surface area contributed by atoms with E-state index in [2.05, 4.69) is 15.5 Å². The minimum Gasteiger partial charge on any atom is -0.316 e. The largest absolute Gasteiger partial charge is 0.322 e. The van der Waals surface area contributed by atoms with E-state index in [1.165, 1.54) is 18.4 Å². The van der Waals surface area contributed by atoms with Crippen molar-refractivity contribution in [2.75, 3.05) is 18.1 Å². The van der Waals surface area contributed by atoms with Crippen LogP contribution in [0.15, 0.2) is 35.4 Å². The summed E-state index contributed by atoms with van der Waals surface area (Å²) in [4.78, 5) is 14.5. The second-order valence-electron chi connectivity index (χ2n) is 5.75. The molecule has 0 radical (unpaired) electrons. The molecule has 2 unspecified atom stereocenters. The van der Waals surface area contributed by atoms with Crippen molar-refractivity contribution < 1.29 is 13.4 Å². The summed E-state index contributed by atoms with van der Waals surface area (Å²) < 4.78 is 25.3. The van der Waals surface area contributed by atoms with Gasteiger partial charge in [-0.05, 0) is 43.5 Å². The maximum atomic E-state index is 13.9. The second kappa shape index (κ2) is 7.12. The smallest absolute Gasteiger partial charge is 0.316 e. The Morgan fingerprint density at radius 3 is 2.92 bits per heavy atom. The maximum absolute atomic E-state index is 13.9. The third-order valence-corrected chi connectivity index (χ3v) is 5.09. The highest BCUT2D eigenvalue weighted by atomic mass is 32.2. The highest BCUT2D eigenvalue weighted by Crippen LogP contribution is 2.30. The molecule has 2 aromatic rings. The van der Waals surface area contributed by atoms with Gasteiger partial charge in [0.1, 0.15) is 5.82 Å². The van der Waals surface area contributed by atoms with Crippen LogP contribution in [-0.4, -0.2) is 38.1 Å². The summed E-state index contributed by atoms with van der Waals surface area (Å²) in [5, 5.41) is 9.59. The van der Waals surface area contributed by atoms with Crippen molar-refractivity contribution >= 4 is 22.5 Å². The summed E-state index contributed by atoms with van der Waals surface area (Å²) in [6, 6.07) is 5.72. The number of halogens is 1. The third-order valence-electron chi connectivity index (χ3n) is 4.14. The summed E-state index contributed by atoms with van der Waals surface area (Å²) in [6.07, 6.45) is 5.91. The van der Waals surface area contributed by atoms with E-state index in [0.29, 0.717) is 12.2 Å². The number of nitrogens with zero attached hydrogens (tertiary/aromatic N) is 2. The van der Waals surface area contributed by atoms with Crippen molar-refractivity contribution in [3.8, 4) is 0 Å². The van der Waals surface area contributed by atoms with Crippen molar-refractivity contribution in [1.29, 1.82) is 0 Å². The van der Waals surface area contributed by atoms with Gasteiger partial charge in [0.15, 0.2) is 0 Å². The first-order chi connectivity index (χ1) is 11.6. The number of urea groups is 1. The minimum absolute atomic E-state index is 0.0616. The van der Waals surface area contributed by atoms with Gasteiger partial charge in [-0.1, -0.05) is 0 Å². The number of carbonyl (C=O) groups excluding carboxylic acids is 1. The van der Waals surface area contributed by atoms with Crippen LogP contribution in [0.3, 0.4) is 0 Å². The number of hydrogen-bond acceptors (Lipinski definition) is 3. The SMILES string of the molecule is CS(=O)c1ccc(NC(=O)N2CCCCC2c2ccn[nH]2)cc1F. The molecule has 0 spiro atoms. The van der Waals surface area contributed by atoms with Gasteiger partial charge in [0.25, 0.3) is 0 Å². The van der Waals surface area contributed by atoms with Crippen LogP contribution in [0.2, 0.25) is 0 Å². The molecule has 2 heterocycles. The Labute approximate surface area is 141 Å². The van der Waals surface area contributed by atoms with E-state index in [1.807, 2.05) is 6.07 Å². The number of H-pyrrole nitrogens is 1. The number of aromatic nitrogens is 2. The Morgan fingerprint density at radius 1 is 1.42 bits per heavy atom. The summed E-state index contributed by atoms with van der Waals surface area (Å²) in [5.74, 6) is -0.586. The Hall–Kier alpha value is -2.22. The van der Waals surface area contributed by atoms with E-state index in [1.54, 1.807) is 17.2 Å². The van der Waals surface area contributed by atoms with Crippen LogP contribution >= 0.6 is 0 Å². The highest BCUT2D eigenvalue weighted by Gasteiger charge is 2.29. The van der Waals surface area contributed by atoms with Gasteiger partial charge in [0.05, 0.1) is 27.4 Å². The summed E-state index contributed by atoms with van der Waals surface area (Å²) >= 11 is 0. The molecule has 2 amide bonds. The van der Waals surface area contributed by atoms with E-state index in [4.69, 9.17) is 0 Å². The average molecular weight is 350 g/mol. The molecule has 6 nitrogen and oxygen atoms in total. The molecular weight excluding hydrogens is 331 g/mol. The van der Waals surface area contributed by atoms with Gasteiger partial charge in [-0.25, -0.2) is 9.18 Å². The molecule has 2 N–H and O–H groups in total. The van der Waals surface area contributed by atoms with Crippen LogP contribution in [0.1, 0.15) is 31.0 Å². The number of aromatic amines is 1. The van der Waals surface area contributed by atoms with Gasteiger partial charge < -0.3 is 10.2 Å². The standard InChI is InChI=1S/C16H19FN4O2S/c1-24(23)15-6-5-11(10-12(15)17)19-16(22)21-9-3-2-4-14(21)13-7-8-18-20-13/h5-8,10,14H,2-4,9H2,1H3,(H,18,20)(H,19,22). The molecule has 2 atom stereocenters. The van der Waals surface area contributed by atoms with Gasteiger partial charge in [0.2, 0.25) is 0 Å². The summed E-state index contributed by atoms with van der Waals surface area (Å²) in [5.41, 5.74) is 1.24. The van der Waals surface area contributed by atoms with E-state index in [0.717, 1.165) is 25.0 Å². The first-order valence-corrected chi connectivity index (χ1v) is 9.32. The molecule has 1 saturated heterocycles. The van der Waals surface area contributed by atoms with Crippen LogP contribution < -0.4 is 5.32 Å². The summed E-state index contributed by atoms with van der Waals surface area (Å²) in [7, 11) is -1.40. The number of piperidine rings is 1. The zero-order chi connectivity index (χ0) is 17.1. The number of likely N-dealkylation sites (tertiary alicyclic amines) is 1. The van der Waals surface area contributed by atoms with Gasteiger partial charge in [0, 0.05) is 24.7 Å². The lowest BCUT2D eigenvalue weighted by Crippen LogP contribution is -2.41. The van der Waals surface area contributed by atoms with Crippen LogP contribution in [0.4, 0.5) is 14.9 Å². The number of carbonyl (C=O) groups is 1. The molecule has 128 valence electrons. The van der Waals surface area contributed by atoms with E-state index >= 15 is 0 Å². The number of amides is 2. The van der Waals surface area contributed by atoms with Crippen molar-refractivity contribution in [3.05, 3.63) is 42.0 Å². The topological polar surface area (TPSA) is 78.1 Å². The molecule has 0 aliphatic carbocycles. The van der Waals surface area contributed by atoms with Crippen molar-refractivity contribution in [2.45, 2.75) is 30.2 Å². The average Bonchev–Trinajstić information content (AvgIpc) is 3.09. The molecule has 1 aliphatic rings. The van der Waals surface area contributed by atoms with Crippen LogP contribution in [-0.2, 0) is 10.8 Å². The van der Waals surface area contributed by atoms with E-state index < -0.39 is 16.6 Å². The third kappa shape index (κ3) is 3.48. The van der Waals surface area contributed by atoms with Crippen LogP contribution in [0.5, 0.6) is 0 Å². The molecule has 8 heteroatoms. The van der Waals surface area contributed by atoms with Gasteiger partial charge >= 0.3 is 6.03 Å². The molecule has 0 bridgehead atoms. The van der Waals surface area contributed by atoms with Crippen LogP contribution in [0, 0.1) is 5.82 Å². The molecule has 0 saturated carbocycles. The molecule has 1 aromatic heterocycles. The summed E-state index contributed by atoms with van der Waals surface area (Å²) in [6.45, 7) is 0.634. The predicted octanol–water partition coefficient (Wildman–Crippen LogP) is 3.05. The molecule has 1 aliphatic heterocycles. The lowest BCUT2D eigenvalue weighted by Gasteiger charge is -2.35. The Morgan fingerprint density at radius 2 is 2.25 bits per heavy atom. The number of rotatable bonds is 3. The monoisotopic (exact) mass is 350 g/mol.